The lowest BCUT2D eigenvalue weighted by molar-refractivity contribution is 0.669. The van der Waals surface area contributed by atoms with Gasteiger partial charge in [0.2, 0.25) is 0 Å². The zero-order valence-electron chi connectivity index (χ0n) is 22.0. The van der Waals surface area contributed by atoms with Crippen molar-refractivity contribution in [2.24, 2.45) is 0 Å². The molecule has 192 valence electrons. The fourth-order valence-corrected chi connectivity index (χ4v) is 5.60. The van der Waals surface area contributed by atoms with E-state index in [1.54, 1.807) is 0 Å². The molecule has 6 aromatic carbocycles. The molecule has 41 heavy (non-hydrogen) atoms. The lowest BCUT2D eigenvalue weighted by Crippen LogP contribution is -2.00. The van der Waals surface area contributed by atoms with Crippen LogP contribution in [0.4, 0.5) is 0 Å². The van der Waals surface area contributed by atoms with Crippen LogP contribution in [0.15, 0.2) is 144 Å². The largest absolute Gasteiger partial charge is 0.456 e. The second-order valence-electron chi connectivity index (χ2n) is 10.1. The quantitative estimate of drug-likeness (QED) is 0.230. The Kier molecular flexibility index (Phi) is 5.42. The SMILES string of the molecule is c1ccc(-c2nc(-c3ccccc3)nc(-c3cccc(-c4cccc5c4ccc4oc6ccccc6c45)c3)n2)cc1. The normalized spacial score (nSPS) is 11.4. The predicted molar refractivity (Wildman–Crippen MR) is 166 cm³/mol. The lowest BCUT2D eigenvalue weighted by Gasteiger charge is -2.11. The minimum Gasteiger partial charge on any atom is -0.456 e. The lowest BCUT2D eigenvalue weighted by atomic mass is 9.94. The van der Waals surface area contributed by atoms with E-state index in [1.807, 2.05) is 72.8 Å². The van der Waals surface area contributed by atoms with Crippen LogP contribution in [-0.4, -0.2) is 15.0 Å². The van der Waals surface area contributed by atoms with Crippen molar-refractivity contribution in [2.45, 2.75) is 0 Å². The molecule has 8 rings (SSSR count). The zero-order chi connectivity index (χ0) is 27.2. The van der Waals surface area contributed by atoms with Crippen molar-refractivity contribution in [1.82, 2.24) is 15.0 Å². The molecule has 0 saturated heterocycles. The number of aromatic nitrogens is 3. The van der Waals surface area contributed by atoms with Crippen LogP contribution in [0.3, 0.4) is 0 Å². The van der Waals surface area contributed by atoms with E-state index in [2.05, 4.69) is 66.7 Å². The molecule has 0 aliphatic carbocycles. The minimum absolute atomic E-state index is 0.642. The third-order valence-electron chi connectivity index (χ3n) is 7.53. The summed E-state index contributed by atoms with van der Waals surface area (Å²) in [5, 5.41) is 4.63. The predicted octanol–water partition coefficient (Wildman–Crippen LogP) is 9.59. The Balaban J connectivity index is 1.30. The Hall–Kier alpha value is -5.61. The molecule has 2 aromatic heterocycles. The number of furan rings is 1. The van der Waals surface area contributed by atoms with E-state index in [-0.39, 0.29) is 0 Å². The summed E-state index contributed by atoms with van der Waals surface area (Å²) in [5.41, 5.74) is 6.90. The first-order valence-electron chi connectivity index (χ1n) is 13.6. The van der Waals surface area contributed by atoms with E-state index < -0.39 is 0 Å². The molecule has 0 saturated carbocycles. The molecule has 2 heterocycles. The first-order valence-corrected chi connectivity index (χ1v) is 13.6. The molecule has 4 heteroatoms. The van der Waals surface area contributed by atoms with Crippen LogP contribution in [0.25, 0.3) is 78.0 Å². The average Bonchev–Trinajstić information content (AvgIpc) is 3.44. The third-order valence-corrected chi connectivity index (χ3v) is 7.53. The highest BCUT2D eigenvalue weighted by Crippen LogP contribution is 2.39. The summed E-state index contributed by atoms with van der Waals surface area (Å²) in [5.74, 6) is 1.95. The molecule has 0 N–H and O–H groups in total. The molecule has 0 amide bonds. The topological polar surface area (TPSA) is 51.8 Å². The van der Waals surface area contributed by atoms with Crippen molar-refractivity contribution in [3.05, 3.63) is 140 Å². The van der Waals surface area contributed by atoms with Crippen molar-refractivity contribution in [3.8, 4) is 45.3 Å². The van der Waals surface area contributed by atoms with Gasteiger partial charge in [-0.1, -0.05) is 121 Å². The summed E-state index contributed by atoms with van der Waals surface area (Å²) in [6.07, 6.45) is 0. The van der Waals surface area contributed by atoms with E-state index >= 15 is 0 Å². The number of hydrogen-bond donors (Lipinski definition) is 0. The third kappa shape index (κ3) is 4.05. The highest BCUT2D eigenvalue weighted by molar-refractivity contribution is 6.20. The van der Waals surface area contributed by atoms with Crippen LogP contribution < -0.4 is 0 Å². The zero-order valence-corrected chi connectivity index (χ0v) is 22.0. The maximum Gasteiger partial charge on any atom is 0.164 e. The molecule has 0 bridgehead atoms. The highest BCUT2D eigenvalue weighted by Gasteiger charge is 2.15. The number of para-hydroxylation sites is 1. The number of benzene rings is 6. The fourth-order valence-electron chi connectivity index (χ4n) is 5.60. The van der Waals surface area contributed by atoms with Gasteiger partial charge in [0, 0.05) is 27.5 Å². The van der Waals surface area contributed by atoms with Crippen LogP contribution >= 0.6 is 0 Å². The van der Waals surface area contributed by atoms with Crippen LogP contribution in [0.1, 0.15) is 0 Å². The van der Waals surface area contributed by atoms with Crippen molar-refractivity contribution < 1.29 is 4.42 Å². The summed E-state index contributed by atoms with van der Waals surface area (Å²) in [6, 6.07) is 47.5. The van der Waals surface area contributed by atoms with Crippen LogP contribution in [0.2, 0.25) is 0 Å². The number of nitrogens with zero attached hydrogens (tertiary/aromatic N) is 3. The number of hydrogen-bond acceptors (Lipinski definition) is 4. The first kappa shape index (κ1) is 23.3. The van der Waals surface area contributed by atoms with E-state index in [9.17, 15) is 0 Å². The van der Waals surface area contributed by atoms with Crippen molar-refractivity contribution in [1.29, 1.82) is 0 Å². The highest BCUT2D eigenvalue weighted by atomic mass is 16.3. The monoisotopic (exact) mass is 525 g/mol. The maximum atomic E-state index is 6.16. The van der Waals surface area contributed by atoms with Gasteiger partial charge >= 0.3 is 0 Å². The second-order valence-corrected chi connectivity index (χ2v) is 10.1. The van der Waals surface area contributed by atoms with Gasteiger partial charge in [-0.05, 0) is 40.1 Å². The fraction of sp³-hybridized carbons (Fsp3) is 0. The van der Waals surface area contributed by atoms with Gasteiger partial charge in [-0.15, -0.1) is 0 Å². The van der Waals surface area contributed by atoms with Gasteiger partial charge in [-0.3, -0.25) is 0 Å². The summed E-state index contributed by atoms with van der Waals surface area (Å²) >= 11 is 0. The Morgan fingerprint density at radius 1 is 0.366 bits per heavy atom. The Bertz CT molecular complexity index is 2140. The maximum absolute atomic E-state index is 6.16. The molecular formula is C37H23N3O. The molecule has 4 nitrogen and oxygen atoms in total. The molecule has 0 atom stereocenters. The summed E-state index contributed by atoms with van der Waals surface area (Å²) < 4.78 is 6.16. The van der Waals surface area contributed by atoms with Gasteiger partial charge in [-0.2, -0.15) is 0 Å². The smallest absolute Gasteiger partial charge is 0.164 e. The van der Waals surface area contributed by atoms with Gasteiger partial charge < -0.3 is 4.42 Å². The van der Waals surface area contributed by atoms with Crippen molar-refractivity contribution in [2.75, 3.05) is 0 Å². The molecule has 0 aliphatic rings. The average molecular weight is 526 g/mol. The van der Waals surface area contributed by atoms with Gasteiger partial charge in [0.05, 0.1) is 0 Å². The molecule has 0 unspecified atom stereocenters. The standard InChI is InChI=1S/C37H23N3O/c1-3-11-24(12-4-1)35-38-36(25-13-5-2-6-14-25)40-37(39-35)27-16-9-15-26(23-27)28-18-10-19-30-29(28)21-22-33-34(30)31-17-7-8-20-32(31)41-33/h1-23H. The Morgan fingerprint density at radius 3 is 1.66 bits per heavy atom. The number of fused-ring (bicyclic) bond motifs is 5. The van der Waals surface area contributed by atoms with E-state index in [1.165, 1.54) is 10.8 Å². The van der Waals surface area contributed by atoms with E-state index in [0.717, 1.165) is 49.8 Å². The van der Waals surface area contributed by atoms with Crippen LogP contribution in [0.5, 0.6) is 0 Å². The minimum atomic E-state index is 0.642. The van der Waals surface area contributed by atoms with Gasteiger partial charge in [-0.25, -0.2) is 15.0 Å². The van der Waals surface area contributed by atoms with Crippen LogP contribution in [-0.2, 0) is 0 Å². The van der Waals surface area contributed by atoms with Gasteiger partial charge in [0.25, 0.3) is 0 Å². The van der Waals surface area contributed by atoms with Gasteiger partial charge in [0.1, 0.15) is 11.2 Å². The Labute approximate surface area is 236 Å². The molecular weight excluding hydrogens is 502 g/mol. The molecule has 0 fully saturated rings. The number of rotatable bonds is 4. The van der Waals surface area contributed by atoms with E-state index in [4.69, 9.17) is 19.4 Å². The molecule has 0 aliphatic heterocycles. The van der Waals surface area contributed by atoms with E-state index in [0.29, 0.717) is 17.5 Å². The summed E-state index contributed by atoms with van der Waals surface area (Å²) in [4.78, 5) is 14.7. The van der Waals surface area contributed by atoms with Crippen molar-refractivity contribution >= 4 is 32.7 Å². The second kappa shape index (κ2) is 9.54. The molecule has 8 aromatic rings. The first-order chi connectivity index (χ1) is 20.3. The van der Waals surface area contributed by atoms with Gasteiger partial charge in [0.15, 0.2) is 17.5 Å². The summed E-state index contributed by atoms with van der Waals surface area (Å²) in [7, 11) is 0. The molecule has 0 spiro atoms. The molecule has 0 radical (unpaired) electrons. The van der Waals surface area contributed by atoms with Crippen LogP contribution in [0, 0.1) is 0 Å². The Morgan fingerprint density at radius 2 is 0.927 bits per heavy atom. The van der Waals surface area contributed by atoms with Crippen molar-refractivity contribution in [3.63, 3.8) is 0 Å². The summed E-state index contributed by atoms with van der Waals surface area (Å²) in [6.45, 7) is 0.